The Hall–Kier alpha value is -2.82. The zero-order chi connectivity index (χ0) is 15.8. The molecule has 0 saturated heterocycles. The zero-order valence-corrected chi connectivity index (χ0v) is 12.8. The van der Waals surface area contributed by atoms with Crippen LogP contribution in [0.2, 0.25) is 0 Å². The lowest BCUT2D eigenvalue weighted by molar-refractivity contribution is -0.117. The number of rotatable bonds is 3. The van der Waals surface area contributed by atoms with Crippen LogP contribution in [0.4, 0.5) is 5.82 Å². The molecule has 1 saturated carbocycles. The number of carbonyl (C=O) groups is 1. The number of fused-ring (bicyclic) bond motifs is 1. The maximum absolute atomic E-state index is 11.8. The fraction of sp³-hybridized carbons (Fsp3) is 0.222. The highest BCUT2D eigenvalue weighted by Crippen LogP contribution is 2.30. The van der Waals surface area contributed by atoms with Crippen molar-refractivity contribution in [3.63, 3.8) is 0 Å². The normalized spacial score (nSPS) is 14.0. The molecule has 1 aromatic carbocycles. The van der Waals surface area contributed by atoms with Gasteiger partial charge in [-0.25, -0.2) is 15.0 Å². The van der Waals surface area contributed by atoms with Crippen molar-refractivity contribution >= 4 is 22.5 Å². The third kappa shape index (κ3) is 2.77. The molecule has 2 heterocycles. The van der Waals surface area contributed by atoms with Gasteiger partial charge in [0.15, 0.2) is 0 Å². The van der Waals surface area contributed by atoms with Crippen molar-refractivity contribution in [1.29, 1.82) is 0 Å². The fourth-order valence-electron chi connectivity index (χ4n) is 2.63. The van der Waals surface area contributed by atoms with Gasteiger partial charge in [0.25, 0.3) is 0 Å². The summed E-state index contributed by atoms with van der Waals surface area (Å²) in [6.45, 7) is 1.97. The number of aryl methyl sites for hydroxylation is 1. The van der Waals surface area contributed by atoms with Crippen LogP contribution in [0.5, 0.6) is 0 Å². The number of anilines is 1. The molecule has 1 aliphatic carbocycles. The molecule has 4 rings (SSSR count). The first-order valence-electron chi connectivity index (χ1n) is 7.68. The summed E-state index contributed by atoms with van der Waals surface area (Å²) in [5.74, 6) is 0.864. The number of nitrogens with zero attached hydrogens (tertiary/aromatic N) is 3. The van der Waals surface area contributed by atoms with Gasteiger partial charge >= 0.3 is 0 Å². The Kier molecular flexibility index (Phi) is 3.26. The van der Waals surface area contributed by atoms with Crippen molar-refractivity contribution in [2.24, 2.45) is 5.92 Å². The molecule has 1 amide bonds. The van der Waals surface area contributed by atoms with Crippen LogP contribution in [0.1, 0.15) is 18.5 Å². The molecule has 3 aromatic rings. The van der Waals surface area contributed by atoms with Crippen LogP contribution >= 0.6 is 0 Å². The first-order valence-corrected chi connectivity index (χ1v) is 7.68. The van der Waals surface area contributed by atoms with Crippen LogP contribution in [-0.4, -0.2) is 20.9 Å². The van der Waals surface area contributed by atoms with Crippen LogP contribution in [0, 0.1) is 12.8 Å². The summed E-state index contributed by atoms with van der Waals surface area (Å²) < 4.78 is 0. The summed E-state index contributed by atoms with van der Waals surface area (Å²) in [5.41, 5.74) is 3.02. The maximum Gasteiger partial charge on any atom is 0.228 e. The van der Waals surface area contributed by atoms with Gasteiger partial charge in [0.1, 0.15) is 12.1 Å². The van der Waals surface area contributed by atoms with E-state index in [9.17, 15) is 4.79 Å². The average Bonchev–Trinajstić information content (AvgIpc) is 3.40. The van der Waals surface area contributed by atoms with E-state index in [0.29, 0.717) is 5.82 Å². The number of carbonyl (C=O) groups excluding carboxylic acids is 1. The van der Waals surface area contributed by atoms with Crippen molar-refractivity contribution in [2.75, 3.05) is 5.32 Å². The fourth-order valence-corrected chi connectivity index (χ4v) is 2.63. The van der Waals surface area contributed by atoms with E-state index in [1.54, 1.807) is 12.5 Å². The predicted molar refractivity (Wildman–Crippen MR) is 88.9 cm³/mol. The first kappa shape index (κ1) is 13.8. The molecule has 0 spiro atoms. The number of amides is 1. The van der Waals surface area contributed by atoms with Crippen LogP contribution in [0.15, 0.2) is 43.0 Å². The molecule has 0 radical (unpaired) electrons. The van der Waals surface area contributed by atoms with Gasteiger partial charge in [-0.1, -0.05) is 12.1 Å². The van der Waals surface area contributed by atoms with E-state index in [4.69, 9.17) is 0 Å². The highest BCUT2D eigenvalue weighted by atomic mass is 16.2. The van der Waals surface area contributed by atoms with Gasteiger partial charge in [0, 0.05) is 35.0 Å². The summed E-state index contributed by atoms with van der Waals surface area (Å²) in [5, 5.41) is 4.95. The second-order valence-electron chi connectivity index (χ2n) is 5.92. The molecule has 5 heteroatoms. The summed E-state index contributed by atoms with van der Waals surface area (Å²) in [6.07, 6.45) is 7.14. The molecule has 1 fully saturated rings. The van der Waals surface area contributed by atoms with Crippen molar-refractivity contribution in [1.82, 2.24) is 15.0 Å². The molecule has 0 aliphatic heterocycles. The number of benzene rings is 1. The predicted octanol–water partition coefficient (Wildman–Crippen LogP) is 3.35. The van der Waals surface area contributed by atoms with E-state index in [-0.39, 0.29) is 11.8 Å². The summed E-state index contributed by atoms with van der Waals surface area (Å²) in [7, 11) is 0. The molecule has 114 valence electrons. The average molecular weight is 304 g/mol. The highest BCUT2D eigenvalue weighted by molar-refractivity contribution is 5.96. The minimum Gasteiger partial charge on any atom is -0.310 e. The summed E-state index contributed by atoms with van der Waals surface area (Å²) in [4.78, 5) is 24.5. The standard InChI is InChI=1S/C18H16N4O/c1-11-16(9-19-10-21-11)14-5-4-13-7-17(20-8-15(13)6-14)22-18(23)12-2-3-12/h4-10,12H,2-3H2,1H3,(H,20,22,23). The monoisotopic (exact) mass is 304 g/mol. The largest absolute Gasteiger partial charge is 0.310 e. The topological polar surface area (TPSA) is 67.8 Å². The number of pyridine rings is 1. The smallest absolute Gasteiger partial charge is 0.228 e. The van der Waals surface area contributed by atoms with Gasteiger partial charge in [-0.2, -0.15) is 0 Å². The van der Waals surface area contributed by atoms with E-state index in [0.717, 1.165) is 40.4 Å². The molecule has 1 aliphatic rings. The summed E-state index contributed by atoms with van der Waals surface area (Å²) in [6, 6.07) is 8.06. The second kappa shape index (κ2) is 5.43. The van der Waals surface area contributed by atoms with E-state index in [1.165, 1.54) is 0 Å². The second-order valence-corrected chi connectivity index (χ2v) is 5.92. The molecular formula is C18H16N4O. The maximum atomic E-state index is 11.8. The highest BCUT2D eigenvalue weighted by Gasteiger charge is 2.29. The zero-order valence-electron chi connectivity index (χ0n) is 12.8. The van der Waals surface area contributed by atoms with E-state index in [1.807, 2.05) is 31.3 Å². The molecule has 0 atom stereocenters. The number of aromatic nitrogens is 3. The van der Waals surface area contributed by atoms with Crippen LogP contribution in [-0.2, 0) is 4.79 Å². The van der Waals surface area contributed by atoms with Gasteiger partial charge in [0.2, 0.25) is 5.91 Å². The molecule has 0 unspecified atom stereocenters. The van der Waals surface area contributed by atoms with Crippen LogP contribution < -0.4 is 5.32 Å². The van der Waals surface area contributed by atoms with Gasteiger partial charge < -0.3 is 5.32 Å². The minimum absolute atomic E-state index is 0.0746. The molecule has 1 N–H and O–H groups in total. The summed E-state index contributed by atoms with van der Waals surface area (Å²) >= 11 is 0. The quantitative estimate of drug-likeness (QED) is 0.805. The minimum atomic E-state index is 0.0746. The Morgan fingerprint density at radius 3 is 2.78 bits per heavy atom. The van der Waals surface area contributed by atoms with Crippen molar-refractivity contribution < 1.29 is 4.79 Å². The van der Waals surface area contributed by atoms with E-state index < -0.39 is 0 Å². The molecule has 2 aromatic heterocycles. The molecular weight excluding hydrogens is 288 g/mol. The van der Waals surface area contributed by atoms with Crippen LogP contribution in [0.25, 0.3) is 21.9 Å². The van der Waals surface area contributed by atoms with Gasteiger partial charge in [-0.05, 0) is 42.8 Å². The lowest BCUT2D eigenvalue weighted by Crippen LogP contribution is -2.14. The van der Waals surface area contributed by atoms with Crippen molar-refractivity contribution in [3.8, 4) is 11.1 Å². The SMILES string of the molecule is Cc1ncncc1-c1ccc2cc(NC(=O)C3CC3)ncc2c1. The number of hydrogen-bond acceptors (Lipinski definition) is 4. The van der Waals surface area contributed by atoms with Gasteiger partial charge in [-0.3, -0.25) is 4.79 Å². The van der Waals surface area contributed by atoms with E-state index in [2.05, 4.69) is 26.3 Å². The molecule has 23 heavy (non-hydrogen) atoms. The Labute approximate surface area is 133 Å². The van der Waals surface area contributed by atoms with E-state index >= 15 is 0 Å². The van der Waals surface area contributed by atoms with Crippen molar-refractivity contribution in [3.05, 3.63) is 48.7 Å². The van der Waals surface area contributed by atoms with Gasteiger partial charge in [-0.15, -0.1) is 0 Å². The lowest BCUT2D eigenvalue weighted by atomic mass is 10.0. The Morgan fingerprint density at radius 2 is 2.00 bits per heavy atom. The molecule has 5 nitrogen and oxygen atoms in total. The number of hydrogen-bond donors (Lipinski definition) is 1. The van der Waals surface area contributed by atoms with Gasteiger partial charge in [0.05, 0.1) is 0 Å². The van der Waals surface area contributed by atoms with Crippen molar-refractivity contribution in [2.45, 2.75) is 19.8 Å². The first-order chi connectivity index (χ1) is 11.2. The molecule has 0 bridgehead atoms. The number of nitrogens with one attached hydrogen (secondary N) is 1. The van der Waals surface area contributed by atoms with Crippen LogP contribution in [0.3, 0.4) is 0 Å². The third-order valence-electron chi connectivity index (χ3n) is 4.14. The Morgan fingerprint density at radius 1 is 1.13 bits per heavy atom. The lowest BCUT2D eigenvalue weighted by Gasteiger charge is -2.08. The third-order valence-corrected chi connectivity index (χ3v) is 4.14. The Balaban J connectivity index is 1.67. The Bertz CT molecular complexity index is 902.